The average molecular weight is 326 g/mol. The maximum atomic E-state index is 12.1. The summed E-state index contributed by atoms with van der Waals surface area (Å²) in [5, 5.41) is 3.06. The molecule has 0 saturated heterocycles. The third-order valence-corrected chi connectivity index (χ3v) is 4.24. The van der Waals surface area contributed by atoms with Crippen molar-refractivity contribution in [3.05, 3.63) is 35.9 Å². The van der Waals surface area contributed by atoms with E-state index in [0.717, 1.165) is 25.7 Å². The first-order chi connectivity index (χ1) is 9.19. The first kappa shape index (κ1) is 16.2. The fourth-order valence-corrected chi connectivity index (χ4v) is 2.55. The largest absolute Gasteiger partial charge is 0.354 e. The van der Waals surface area contributed by atoms with Crippen LogP contribution in [0.4, 0.5) is 0 Å². The minimum atomic E-state index is 0.162. The summed E-state index contributed by atoms with van der Waals surface area (Å²) in [7, 11) is 0. The number of hydrogen-bond donors (Lipinski definition) is 1. The van der Waals surface area contributed by atoms with Crippen LogP contribution in [0.5, 0.6) is 0 Å². The van der Waals surface area contributed by atoms with Gasteiger partial charge in [-0.3, -0.25) is 4.79 Å². The van der Waals surface area contributed by atoms with Crippen molar-refractivity contribution in [2.45, 2.75) is 44.4 Å². The predicted octanol–water partition coefficient (Wildman–Crippen LogP) is 4.46. The molecule has 0 saturated carbocycles. The van der Waals surface area contributed by atoms with Crippen molar-refractivity contribution in [2.24, 2.45) is 5.92 Å². The second kappa shape index (κ2) is 9.13. The average Bonchev–Trinajstić information content (AvgIpc) is 2.46. The highest BCUT2D eigenvalue weighted by atomic mass is 79.9. The van der Waals surface area contributed by atoms with Gasteiger partial charge in [0.25, 0.3) is 0 Å². The summed E-state index contributed by atoms with van der Waals surface area (Å²) in [5.74, 6) is 0.353. The minimum Gasteiger partial charge on any atom is -0.354 e. The Morgan fingerprint density at radius 2 is 1.95 bits per heavy atom. The molecule has 3 heteroatoms. The van der Waals surface area contributed by atoms with Gasteiger partial charge in [-0.05, 0) is 18.4 Å². The Bertz CT molecular complexity index is 366. The molecule has 1 amide bonds. The van der Waals surface area contributed by atoms with Gasteiger partial charge in [0.05, 0.1) is 4.83 Å². The summed E-state index contributed by atoms with van der Waals surface area (Å²) < 4.78 is 0. The number of amides is 1. The lowest BCUT2D eigenvalue weighted by atomic mass is 9.98. The summed E-state index contributed by atoms with van der Waals surface area (Å²) in [6.45, 7) is 4.89. The molecule has 0 heterocycles. The Morgan fingerprint density at radius 3 is 2.53 bits per heavy atom. The van der Waals surface area contributed by atoms with Crippen LogP contribution in [0.1, 0.15) is 49.9 Å². The first-order valence-electron chi connectivity index (χ1n) is 7.15. The third kappa shape index (κ3) is 5.77. The van der Waals surface area contributed by atoms with Crippen LogP contribution in [0.3, 0.4) is 0 Å². The van der Waals surface area contributed by atoms with Gasteiger partial charge in [0.1, 0.15) is 0 Å². The summed E-state index contributed by atoms with van der Waals surface area (Å²) in [6.07, 6.45) is 4.19. The summed E-state index contributed by atoms with van der Waals surface area (Å²) in [6, 6.07) is 10.2. The van der Waals surface area contributed by atoms with E-state index in [9.17, 15) is 4.79 Å². The van der Waals surface area contributed by atoms with Crippen molar-refractivity contribution >= 4 is 21.8 Å². The van der Waals surface area contributed by atoms with E-state index in [1.54, 1.807) is 0 Å². The van der Waals surface area contributed by atoms with E-state index in [1.165, 1.54) is 5.56 Å². The first-order valence-corrected chi connectivity index (χ1v) is 8.07. The normalized spacial score (nSPS) is 13.8. The highest BCUT2D eigenvalue weighted by molar-refractivity contribution is 9.09. The van der Waals surface area contributed by atoms with E-state index in [0.29, 0.717) is 6.54 Å². The molecule has 1 aromatic rings. The van der Waals surface area contributed by atoms with Gasteiger partial charge < -0.3 is 5.32 Å². The van der Waals surface area contributed by atoms with Gasteiger partial charge in [-0.15, -0.1) is 0 Å². The van der Waals surface area contributed by atoms with Crippen LogP contribution in [-0.2, 0) is 4.79 Å². The fraction of sp³-hybridized carbons (Fsp3) is 0.562. The van der Waals surface area contributed by atoms with Crippen molar-refractivity contribution in [2.75, 3.05) is 6.54 Å². The molecule has 2 atom stereocenters. The van der Waals surface area contributed by atoms with Gasteiger partial charge in [-0.1, -0.05) is 73.0 Å². The Kier molecular flexibility index (Phi) is 7.80. The number of carbonyl (C=O) groups excluding carboxylic acids is 1. The molecule has 106 valence electrons. The van der Waals surface area contributed by atoms with Crippen molar-refractivity contribution < 1.29 is 4.79 Å². The van der Waals surface area contributed by atoms with E-state index < -0.39 is 0 Å². The van der Waals surface area contributed by atoms with Gasteiger partial charge in [0.15, 0.2) is 0 Å². The molecular formula is C16H24BrNO. The Morgan fingerprint density at radius 1 is 1.26 bits per heavy atom. The zero-order chi connectivity index (χ0) is 14.1. The molecular weight excluding hydrogens is 302 g/mol. The SMILES string of the molecule is CCCCC(CC)C(=O)NCC(Br)c1ccccc1. The molecule has 19 heavy (non-hydrogen) atoms. The van der Waals surface area contributed by atoms with Crippen molar-refractivity contribution in [1.29, 1.82) is 0 Å². The van der Waals surface area contributed by atoms with Gasteiger partial charge in [0, 0.05) is 12.5 Å². The Balaban J connectivity index is 2.40. The number of halogens is 1. The van der Waals surface area contributed by atoms with Gasteiger partial charge in [0.2, 0.25) is 5.91 Å². The summed E-state index contributed by atoms with van der Waals surface area (Å²) in [4.78, 5) is 12.3. The second-order valence-electron chi connectivity index (χ2n) is 4.87. The quantitative estimate of drug-likeness (QED) is 0.702. The predicted molar refractivity (Wildman–Crippen MR) is 84.4 cm³/mol. The van der Waals surface area contributed by atoms with E-state index in [2.05, 4.69) is 47.2 Å². The molecule has 1 aromatic carbocycles. The van der Waals surface area contributed by atoms with E-state index in [1.807, 2.05) is 18.2 Å². The zero-order valence-corrected chi connectivity index (χ0v) is 13.4. The Hall–Kier alpha value is -0.830. The highest BCUT2D eigenvalue weighted by Crippen LogP contribution is 2.21. The molecule has 0 aromatic heterocycles. The minimum absolute atomic E-state index is 0.162. The van der Waals surface area contributed by atoms with Crippen LogP contribution in [0, 0.1) is 5.92 Å². The van der Waals surface area contributed by atoms with E-state index in [4.69, 9.17) is 0 Å². The van der Waals surface area contributed by atoms with Crippen molar-refractivity contribution in [3.8, 4) is 0 Å². The molecule has 1 N–H and O–H groups in total. The van der Waals surface area contributed by atoms with Crippen LogP contribution in [0.15, 0.2) is 30.3 Å². The standard InChI is InChI=1S/C16H24BrNO/c1-3-5-9-13(4-2)16(19)18-12-15(17)14-10-7-6-8-11-14/h6-8,10-11,13,15H,3-5,9,12H2,1-2H3,(H,18,19). The smallest absolute Gasteiger partial charge is 0.223 e. The molecule has 2 nitrogen and oxygen atoms in total. The third-order valence-electron chi connectivity index (χ3n) is 3.39. The molecule has 0 bridgehead atoms. The molecule has 0 fully saturated rings. The van der Waals surface area contributed by atoms with E-state index in [-0.39, 0.29) is 16.7 Å². The Labute approximate surface area is 125 Å². The lowest BCUT2D eigenvalue weighted by molar-refractivity contribution is -0.125. The fourth-order valence-electron chi connectivity index (χ4n) is 2.09. The number of carbonyl (C=O) groups is 1. The summed E-state index contributed by atoms with van der Waals surface area (Å²) >= 11 is 3.62. The van der Waals surface area contributed by atoms with Crippen LogP contribution in [0.25, 0.3) is 0 Å². The number of unbranched alkanes of at least 4 members (excludes halogenated alkanes) is 1. The maximum absolute atomic E-state index is 12.1. The topological polar surface area (TPSA) is 29.1 Å². The number of alkyl halides is 1. The maximum Gasteiger partial charge on any atom is 0.223 e. The van der Waals surface area contributed by atoms with Gasteiger partial charge in [-0.2, -0.15) is 0 Å². The van der Waals surface area contributed by atoms with Crippen molar-refractivity contribution in [3.63, 3.8) is 0 Å². The van der Waals surface area contributed by atoms with Crippen molar-refractivity contribution in [1.82, 2.24) is 5.32 Å². The monoisotopic (exact) mass is 325 g/mol. The number of benzene rings is 1. The van der Waals surface area contributed by atoms with Crippen LogP contribution in [0.2, 0.25) is 0 Å². The van der Waals surface area contributed by atoms with Gasteiger partial charge in [-0.25, -0.2) is 0 Å². The molecule has 1 rings (SSSR count). The van der Waals surface area contributed by atoms with Crippen LogP contribution >= 0.6 is 15.9 Å². The molecule has 0 aliphatic carbocycles. The molecule has 0 aliphatic rings. The second-order valence-corrected chi connectivity index (χ2v) is 5.98. The van der Waals surface area contributed by atoms with Gasteiger partial charge >= 0.3 is 0 Å². The number of rotatable bonds is 8. The van der Waals surface area contributed by atoms with Crippen LogP contribution in [-0.4, -0.2) is 12.5 Å². The lowest BCUT2D eigenvalue weighted by Crippen LogP contribution is -2.32. The molecule has 0 aliphatic heterocycles. The molecule has 0 spiro atoms. The molecule has 0 radical (unpaired) electrons. The lowest BCUT2D eigenvalue weighted by Gasteiger charge is -2.17. The number of hydrogen-bond acceptors (Lipinski definition) is 1. The van der Waals surface area contributed by atoms with Crippen LogP contribution < -0.4 is 5.32 Å². The number of nitrogens with one attached hydrogen (secondary N) is 1. The van der Waals surface area contributed by atoms with E-state index >= 15 is 0 Å². The summed E-state index contributed by atoms with van der Waals surface area (Å²) in [5.41, 5.74) is 1.20. The zero-order valence-electron chi connectivity index (χ0n) is 11.9. The highest BCUT2D eigenvalue weighted by Gasteiger charge is 2.16. The molecule has 2 unspecified atom stereocenters.